The molecule has 0 aliphatic carbocycles. The Labute approximate surface area is 90.2 Å². The fourth-order valence-electron chi connectivity index (χ4n) is 0.712. The third kappa shape index (κ3) is 4.14. The van der Waals surface area contributed by atoms with Gasteiger partial charge in [0.2, 0.25) is 0 Å². The Morgan fingerprint density at radius 2 is 1.79 bits per heavy atom. The molecule has 0 radical (unpaired) electrons. The summed E-state index contributed by atoms with van der Waals surface area (Å²) in [5.41, 5.74) is -0.642. The highest BCUT2D eigenvalue weighted by Gasteiger charge is 2.39. The van der Waals surface area contributed by atoms with Crippen LogP contribution in [0.2, 0.25) is 0 Å². The van der Waals surface area contributed by atoms with Crippen molar-refractivity contribution in [2.45, 2.75) is 30.4 Å². The fraction of sp³-hybridized carbons (Fsp3) is 1.00. The molecule has 1 N–H and O–H groups in total. The molecule has 86 valence electrons. The van der Waals surface area contributed by atoms with Gasteiger partial charge in [0.1, 0.15) is 4.83 Å². The largest absolute Gasteiger partial charge is 0.402 e. The fourth-order valence-corrected chi connectivity index (χ4v) is 1.15. The normalized spacial score (nSPS) is 16.1. The van der Waals surface area contributed by atoms with Crippen LogP contribution < -0.4 is 0 Å². The first-order valence-corrected chi connectivity index (χ1v) is 5.05. The molecule has 0 saturated carbocycles. The zero-order valence-electron chi connectivity index (χ0n) is 8.40. The lowest BCUT2D eigenvalue weighted by atomic mass is 10.1. The number of hydrogen-bond donors (Lipinski definition) is 1. The number of likely N-dealkylation sites (N-methyl/N-ethyl adjacent to an activating group) is 1. The molecule has 0 rings (SSSR count). The second-order valence-corrected chi connectivity index (χ2v) is 4.97. The summed E-state index contributed by atoms with van der Waals surface area (Å²) >= 11 is 2.57. The van der Waals surface area contributed by atoms with Crippen molar-refractivity contribution >= 4 is 15.9 Å². The molecule has 0 aromatic rings. The molecule has 0 fully saturated rings. The maximum atomic E-state index is 12.2. The van der Waals surface area contributed by atoms with Crippen LogP contribution in [0, 0.1) is 0 Å². The molecular weight excluding hydrogens is 263 g/mol. The van der Waals surface area contributed by atoms with Crippen molar-refractivity contribution in [1.29, 1.82) is 0 Å². The van der Waals surface area contributed by atoms with Crippen molar-refractivity contribution in [2.75, 3.05) is 20.2 Å². The molecule has 2 nitrogen and oxygen atoms in total. The Hall–Kier alpha value is 0.190. The quantitative estimate of drug-likeness (QED) is 0.795. The number of rotatable bonds is 4. The molecule has 1 atom stereocenters. The molecule has 0 heterocycles. The van der Waals surface area contributed by atoms with Gasteiger partial charge in [0.15, 0.2) is 0 Å². The zero-order chi connectivity index (χ0) is 11.6. The van der Waals surface area contributed by atoms with Crippen molar-refractivity contribution in [1.82, 2.24) is 4.90 Å². The van der Waals surface area contributed by atoms with Crippen molar-refractivity contribution in [3.63, 3.8) is 0 Å². The highest BCUT2D eigenvalue weighted by atomic mass is 79.9. The predicted octanol–water partition coefficient (Wildman–Crippen LogP) is 2.01. The van der Waals surface area contributed by atoms with Gasteiger partial charge in [-0.2, -0.15) is 13.2 Å². The lowest BCUT2D eigenvalue weighted by molar-refractivity contribution is -0.132. The van der Waals surface area contributed by atoms with E-state index in [-0.39, 0.29) is 13.2 Å². The van der Waals surface area contributed by atoms with E-state index in [0.717, 1.165) is 0 Å². The summed E-state index contributed by atoms with van der Waals surface area (Å²) in [7, 11) is 1.55. The van der Waals surface area contributed by atoms with Gasteiger partial charge in [0.05, 0.1) is 6.61 Å². The van der Waals surface area contributed by atoms with Gasteiger partial charge in [-0.25, -0.2) is 0 Å². The van der Waals surface area contributed by atoms with Crippen LogP contribution in [-0.2, 0) is 0 Å². The zero-order valence-corrected chi connectivity index (χ0v) is 9.98. The van der Waals surface area contributed by atoms with Gasteiger partial charge in [-0.15, -0.1) is 0 Å². The number of alkyl halides is 4. The van der Waals surface area contributed by atoms with Crippen LogP contribution in [0.15, 0.2) is 0 Å². The van der Waals surface area contributed by atoms with E-state index in [1.165, 1.54) is 4.90 Å². The lowest BCUT2D eigenvalue weighted by Crippen LogP contribution is -2.48. The van der Waals surface area contributed by atoms with Crippen molar-refractivity contribution in [2.24, 2.45) is 0 Å². The Morgan fingerprint density at radius 3 is 2.07 bits per heavy atom. The van der Waals surface area contributed by atoms with Crippen LogP contribution in [0.3, 0.4) is 0 Å². The molecule has 0 spiro atoms. The summed E-state index contributed by atoms with van der Waals surface area (Å²) in [6.45, 7) is 3.00. The first-order chi connectivity index (χ1) is 6.11. The van der Waals surface area contributed by atoms with E-state index in [1.54, 1.807) is 20.9 Å². The molecule has 0 bridgehead atoms. The van der Waals surface area contributed by atoms with Gasteiger partial charge < -0.3 is 5.11 Å². The van der Waals surface area contributed by atoms with E-state index < -0.39 is 16.5 Å². The number of halogens is 4. The number of nitrogens with zero attached hydrogens (tertiary/aromatic N) is 1. The predicted molar refractivity (Wildman–Crippen MR) is 52.6 cm³/mol. The summed E-state index contributed by atoms with van der Waals surface area (Å²) in [6, 6.07) is 0. The van der Waals surface area contributed by atoms with E-state index >= 15 is 0 Å². The van der Waals surface area contributed by atoms with Gasteiger partial charge in [0.25, 0.3) is 0 Å². The molecule has 6 heteroatoms. The van der Waals surface area contributed by atoms with Crippen LogP contribution in [0.5, 0.6) is 0 Å². The van der Waals surface area contributed by atoms with E-state index in [0.29, 0.717) is 0 Å². The third-order valence-corrected chi connectivity index (χ3v) is 3.02. The summed E-state index contributed by atoms with van der Waals surface area (Å²) in [4.78, 5) is -0.0919. The number of hydrogen-bond acceptors (Lipinski definition) is 2. The smallest absolute Gasteiger partial charge is 0.394 e. The Bertz CT molecular complexity index is 184. The first-order valence-electron chi connectivity index (χ1n) is 4.14. The molecule has 14 heavy (non-hydrogen) atoms. The van der Waals surface area contributed by atoms with Crippen molar-refractivity contribution in [3.05, 3.63) is 0 Å². The van der Waals surface area contributed by atoms with E-state index in [1.807, 2.05) is 0 Å². The first kappa shape index (κ1) is 14.2. The summed E-state index contributed by atoms with van der Waals surface area (Å²) in [5.74, 6) is 0. The number of aliphatic hydroxyl groups excluding tert-OH is 1. The summed E-state index contributed by atoms with van der Waals surface area (Å²) in [6.07, 6.45) is -4.25. The molecule has 0 amide bonds. The van der Waals surface area contributed by atoms with E-state index in [9.17, 15) is 13.2 Å². The highest BCUT2D eigenvalue weighted by molar-refractivity contribution is 9.09. The van der Waals surface area contributed by atoms with Crippen molar-refractivity contribution < 1.29 is 18.3 Å². The average molecular weight is 278 g/mol. The van der Waals surface area contributed by atoms with Crippen LogP contribution in [0.25, 0.3) is 0 Å². The lowest BCUT2D eigenvalue weighted by Gasteiger charge is -2.35. The minimum Gasteiger partial charge on any atom is -0.394 e. The van der Waals surface area contributed by atoms with Gasteiger partial charge in [-0.1, -0.05) is 15.9 Å². The van der Waals surface area contributed by atoms with Crippen LogP contribution in [0.4, 0.5) is 13.2 Å². The Morgan fingerprint density at radius 1 is 1.36 bits per heavy atom. The monoisotopic (exact) mass is 277 g/mol. The average Bonchev–Trinajstić information content (AvgIpc) is 2.02. The van der Waals surface area contributed by atoms with Gasteiger partial charge in [0, 0.05) is 12.1 Å². The Balaban J connectivity index is 4.26. The third-order valence-electron chi connectivity index (χ3n) is 2.21. The van der Waals surface area contributed by atoms with Gasteiger partial charge in [-0.05, 0) is 20.9 Å². The second-order valence-electron chi connectivity index (χ2n) is 3.86. The minimum absolute atomic E-state index is 0.179. The highest BCUT2D eigenvalue weighted by Crippen LogP contribution is 2.28. The van der Waals surface area contributed by atoms with E-state index in [4.69, 9.17) is 5.11 Å². The summed E-state index contributed by atoms with van der Waals surface area (Å²) in [5, 5.41) is 8.94. The molecule has 1 unspecified atom stereocenters. The second kappa shape index (κ2) is 4.81. The molecular formula is C8H15BrF3NO. The maximum absolute atomic E-state index is 12.2. The molecule has 0 aliphatic heterocycles. The van der Waals surface area contributed by atoms with Gasteiger partial charge >= 0.3 is 6.18 Å². The van der Waals surface area contributed by atoms with Crippen molar-refractivity contribution in [3.8, 4) is 0 Å². The van der Waals surface area contributed by atoms with E-state index in [2.05, 4.69) is 15.9 Å². The standard InChI is InChI=1S/C8H15BrF3NO/c1-7(2,5-14)13(3)4-6(9)8(10,11)12/h6,14H,4-5H2,1-3H3. The van der Waals surface area contributed by atoms with Gasteiger partial charge in [-0.3, -0.25) is 4.90 Å². The minimum atomic E-state index is -4.25. The van der Waals surface area contributed by atoms with Crippen LogP contribution in [0.1, 0.15) is 13.8 Å². The molecule has 0 saturated heterocycles. The van der Waals surface area contributed by atoms with Crippen LogP contribution >= 0.6 is 15.9 Å². The molecule has 0 aromatic heterocycles. The molecule has 0 aromatic carbocycles. The number of aliphatic hydroxyl groups is 1. The topological polar surface area (TPSA) is 23.5 Å². The molecule has 0 aliphatic rings. The SMILES string of the molecule is CN(CC(Br)C(F)(F)F)C(C)(C)CO. The summed E-state index contributed by atoms with van der Waals surface area (Å²) < 4.78 is 36.5. The van der Waals surface area contributed by atoms with Crippen LogP contribution in [-0.4, -0.2) is 46.7 Å². The Kier molecular flexibility index (Phi) is 4.87. The maximum Gasteiger partial charge on any atom is 0.402 e.